The van der Waals surface area contributed by atoms with Gasteiger partial charge < -0.3 is 11.1 Å². The normalized spacial score (nSPS) is 17.3. The summed E-state index contributed by atoms with van der Waals surface area (Å²) < 4.78 is 26.4. The number of nitrogen functional groups attached to an aromatic ring is 1. The van der Waals surface area contributed by atoms with E-state index in [1.165, 1.54) is 4.31 Å². The number of amides is 1. The molecule has 0 atom stereocenters. The summed E-state index contributed by atoms with van der Waals surface area (Å²) in [7, 11) is -3.73. The van der Waals surface area contributed by atoms with Gasteiger partial charge in [-0.15, -0.1) is 0 Å². The Morgan fingerprint density at radius 1 is 1.26 bits per heavy atom. The number of anilines is 1. The summed E-state index contributed by atoms with van der Waals surface area (Å²) in [6.07, 6.45) is 0. The molecule has 19 heavy (non-hydrogen) atoms. The van der Waals surface area contributed by atoms with Gasteiger partial charge in [-0.25, -0.2) is 8.42 Å². The van der Waals surface area contributed by atoms with Gasteiger partial charge in [0.05, 0.1) is 12.2 Å². The van der Waals surface area contributed by atoms with Gasteiger partial charge in [0.25, 0.3) is 0 Å². The van der Waals surface area contributed by atoms with Gasteiger partial charge >= 0.3 is 0 Å². The molecule has 2 rings (SSSR count). The third-order valence-corrected chi connectivity index (χ3v) is 5.26. The van der Waals surface area contributed by atoms with Crippen LogP contribution in [0.4, 0.5) is 5.69 Å². The van der Waals surface area contributed by atoms with Gasteiger partial charge in [-0.1, -0.05) is 12.1 Å². The van der Waals surface area contributed by atoms with Crippen LogP contribution < -0.4 is 11.1 Å². The molecular weight excluding hydrogens is 266 g/mol. The molecule has 1 heterocycles. The summed E-state index contributed by atoms with van der Waals surface area (Å²) in [4.78, 5) is 11.5. The van der Waals surface area contributed by atoms with Crippen LogP contribution in [0.5, 0.6) is 0 Å². The predicted molar refractivity (Wildman–Crippen MR) is 72.1 cm³/mol. The number of sulfonamides is 1. The van der Waals surface area contributed by atoms with Crippen molar-refractivity contribution >= 4 is 21.6 Å². The van der Waals surface area contributed by atoms with E-state index in [0.717, 1.165) is 0 Å². The monoisotopic (exact) mass is 283 g/mol. The van der Waals surface area contributed by atoms with E-state index >= 15 is 0 Å². The fourth-order valence-electron chi connectivity index (χ4n) is 2.10. The lowest BCUT2D eigenvalue weighted by molar-refractivity contribution is -0.122. The van der Waals surface area contributed by atoms with Crippen molar-refractivity contribution in [2.75, 3.05) is 25.4 Å². The van der Waals surface area contributed by atoms with Crippen LogP contribution in [0.3, 0.4) is 0 Å². The van der Waals surface area contributed by atoms with Crippen molar-refractivity contribution in [1.29, 1.82) is 0 Å². The number of nitrogens with one attached hydrogen (secondary N) is 1. The van der Waals surface area contributed by atoms with Gasteiger partial charge in [0.1, 0.15) is 4.90 Å². The molecule has 0 unspecified atom stereocenters. The zero-order chi connectivity index (χ0) is 14.2. The Hall–Kier alpha value is -1.60. The molecule has 1 amide bonds. The Kier molecular flexibility index (Phi) is 3.51. The van der Waals surface area contributed by atoms with Crippen molar-refractivity contribution in [3.63, 3.8) is 0 Å². The quantitative estimate of drug-likeness (QED) is 0.748. The first-order chi connectivity index (χ1) is 8.84. The SMILES string of the molecule is Cc1ccc(C)c(S(=O)(=O)N2CCNC(=O)C2)c1N. The number of hydrogen-bond donors (Lipinski definition) is 2. The van der Waals surface area contributed by atoms with E-state index in [1.807, 2.05) is 0 Å². The molecule has 0 aliphatic carbocycles. The highest BCUT2D eigenvalue weighted by molar-refractivity contribution is 7.89. The Morgan fingerprint density at radius 3 is 2.53 bits per heavy atom. The van der Waals surface area contributed by atoms with E-state index < -0.39 is 10.0 Å². The van der Waals surface area contributed by atoms with Crippen molar-refractivity contribution in [3.05, 3.63) is 23.3 Å². The zero-order valence-electron chi connectivity index (χ0n) is 10.9. The molecule has 0 radical (unpaired) electrons. The zero-order valence-corrected chi connectivity index (χ0v) is 11.8. The molecule has 1 fully saturated rings. The number of nitrogens with two attached hydrogens (primary N) is 1. The van der Waals surface area contributed by atoms with E-state index in [1.54, 1.807) is 26.0 Å². The highest BCUT2D eigenvalue weighted by Gasteiger charge is 2.32. The van der Waals surface area contributed by atoms with E-state index in [0.29, 0.717) is 17.7 Å². The first-order valence-electron chi connectivity index (χ1n) is 5.96. The second kappa shape index (κ2) is 4.82. The van der Waals surface area contributed by atoms with Crippen molar-refractivity contribution in [3.8, 4) is 0 Å². The molecule has 0 saturated carbocycles. The molecule has 3 N–H and O–H groups in total. The number of nitrogens with zero attached hydrogens (tertiary/aromatic N) is 1. The van der Waals surface area contributed by atoms with Crippen LogP contribution in [0.15, 0.2) is 17.0 Å². The maximum atomic E-state index is 12.6. The Bertz CT molecular complexity index is 625. The molecule has 1 aromatic carbocycles. The summed E-state index contributed by atoms with van der Waals surface area (Å²) in [6, 6.07) is 3.51. The molecule has 6 nitrogen and oxygen atoms in total. The van der Waals surface area contributed by atoms with E-state index in [9.17, 15) is 13.2 Å². The molecule has 7 heteroatoms. The first-order valence-corrected chi connectivity index (χ1v) is 7.40. The Balaban J connectivity index is 2.51. The highest BCUT2D eigenvalue weighted by Crippen LogP contribution is 2.28. The Labute approximate surface area is 112 Å². The average Bonchev–Trinajstić information content (AvgIpc) is 2.34. The number of rotatable bonds is 2. The van der Waals surface area contributed by atoms with Crippen molar-refractivity contribution in [2.24, 2.45) is 0 Å². The largest absolute Gasteiger partial charge is 0.397 e. The summed E-state index contributed by atoms with van der Waals surface area (Å²) in [6.45, 7) is 3.89. The maximum absolute atomic E-state index is 12.6. The molecule has 0 aromatic heterocycles. The first kappa shape index (κ1) is 13.8. The van der Waals surface area contributed by atoms with E-state index in [4.69, 9.17) is 5.73 Å². The second-order valence-electron chi connectivity index (χ2n) is 4.63. The maximum Gasteiger partial charge on any atom is 0.245 e. The van der Waals surface area contributed by atoms with Gasteiger partial charge in [-0.3, -0.25) is 4.79 Å². The lowest BCUT2D eigenvalue weighted by Gasteiger charge is -2.27. The van der Waals surface area contributed by atoms with Crippen LogP contribution in [0, 0.1) is 13.8 Å². The van der Waals surface area contributed by atoms with Crippen LogP contribution in [-0.2, 0) is 14.8 Å². The third kappa shape index (κ3) is 2.43. The average molecular weight is 283 g/mol. The van der Waals surface area contributed by atoms with Gasteiger partial charge in [0.15, 0.2) is 0 Å². The molecule has 104 valence electrons. The summed E-state index contributed by atoms with van der Waals surface area (Å²) in [5, 5.41) is 2.60. The number of carbonyl (C=O) groups is 1. The molecular formula is C12H17N3O3S. The number of benzene rings is 1. The fourth-order valence-corrected chi connectivity index (χ4v) is 3.89. The highest BCUT2D eigenvalue weighted by atomic mass is 32.2. The fraction of sp³-hybridized carbons (Fsp3) is 0.417. The summed E-state index contributed by atoms with van der Waals surface area (Å²) >= 11 is 0. The molecule has 1 aliphatic heterocycles. The lowest BCUT2D eigenvalue weighted by Crippen LogP contribution is -2.50. The van der Waals surface area contributed by atoms with Gasteiger partial charge in [0.2, 0.25) is 15.9 Å². The molecule has 1 aromatic rings. The standard InChI is InChI=1S/C12H17N3O3S/c1-8-3-4-9(2)12(11(8)13)19(17,18)15-6-5-14-10(16)7-15/h3-4H,5-7,13H2,1-2H3,(H,14,16). The summed E-state index contributed by atoms with van der Waals surface area (Å²) in [5.41, 5.74) is 7.47. The summed E-state index contributed by atoms with van der Waals surface area (Å²) in [5.74, 6) is -0.293. The minimum atomic E-state index is -3.73. The number of hydrogen-bond acceptors (Lipinski definition) is 4. The molecule has 1 saturated heterocycles. The number of piperazine rings is 1. The predicted octanol–water partition coefficient (Wildman–Crippen LogP) is 0.00614. The number of aryl methyl sites for hydroxylation is 2. The van der Waals surface area contributed by atoms with E-state index in [2.05, 4.69) is 5.32 Å². The third-order valence-electron chi connectivity index (χ3n) is 3.21. The van der Waals surface area contributed by atoms with Crippen molar-refractivity contribution in [1.82, 2.24) is 9.62 Å². The van der Waals surface area contributed by atoms with Gasteiger partial charge in [-0.05, 0) is 25.0 Å². The van der Waals surface area contributed by atoms with Crippen molar-refractivity contribution in [2.45, 2.75) is 18.7 Å². The van der Waals surface area contributed by atoms with Crippen LogP contribution in [0.1, 0.15) is 11.1 Å². The van der Waals surface area contributed by atoms with Crippen LogP contribution in [0.25, 0.3) is 0 Å². The van der Waals surface area contributed by atoms with Crippen LogP contribution in [-0.4, -0.2) is 38.3 Å². The minimum Gasteiger partial charge on any atom is -0.397 e. The molecule has 1 aliphatic rings. The van der Waals surface area contributed by atoms with Gasteiger partial charge in [0, 0.05) is 13.1 Å². The smallest absolute Gasteiger partial charge is 0.245 e. The molecule has 0 bridgehead atoms. The minimum absolute atomic E-state index is 0.113. The molecule has 0 spiro atoms. The Morgan fingerprint density at radius 2 is 1.89 bits per heavy atom. The van der Waals surface area contributed by atoms with Crippen LogP contribution in [0.2, 0.25) is 0 Å². The topological polar surface area (TPSA) is 92.5 Å². The van der Waals surface area contributed by atoms with E-state index in [-0.39, 0.29) is 29.6 Å². The number of carbonyl (C=O) groups excluding carboxylic acids is 1. The lowest BCUT2D eigenvalue weighted by atomic mass is 10.1. The van der Waals surface area contributed by atoms with Gasteiger partial charge in [-0.2, -0.15) is 4.31 Å². The van der Waals surface area contributed by atoms with Crippen molar-refractivity contribution < 1.29 is 13.2 Å². The van der Waals surface area contributed by atoms with Crippen LogP contribution >= 0.6 is 0 Å². The second-order valence-corrected chi connectivity index (χ2v) is 6.51.